The van der Waals surface area contributed by atoms with Crippen molar-refractivity contribution < 1.29 is 9.90 Å². The van der Waals surface area contributed by atoms with E-state index in [9.17, 15) is 4.79 Å². The number of hydrogen-bond donors (Lipinski definition) is 2. The molecule has 0 unspecified atom stereocenters. The number of nitrogens with one attached hydrogen (secondary N) is 1. The third-order valence-electron chi connectivity index (χ3n) is 3.40. The van der Waals surface area contributed by atoms with E-state index in [0.29, 0.717) is 11.0 Å². The zero-order valence-electron chi connectivity index (χ0n) is 11.5. The molecule has 1 aliphatic rings. The van der Waals surface area contributed by atoms with E-state index in [1.54, 1.807) is 0 Å². The average Bonchev–Trinajstić information content (AvgIpc) is 3.17. The minimum absolute atomic E-state index is 0.0365. The Morgan fingerprint density at radius 3 is 2.67 bits per heavy atom. The Morgan fingerprint density at radius 2 is 2.00 bits per heavy atom. The second kappa shape index (κ2) is 6.17. The maximum absolute atomic E-state index is 10.5. The fourth-order valence-corrected chi connectivity index (χ4v) is 2.89. The van der Waals surface area contributed by atoms with Crippen molar-refractivity contribution in [1.29, 1.82) is 0 Å². The van der Waals surface area contributed by atoms with Gasteiger partial charge in [-0.25, -0.2) is 4.98 Å². The van der Waals surface area contributed by atoms with E-state index >= 15 is 0 Å². The lowest BCUT2D eigenvalue weighted by molar-refractivity contribution is -0.133. The average molecular weight is 304 g/mol. The molecule has 2 heterocycles. The van der Waals surface area contributed by atoms with Crippen molar-refractivity contribution in [1.82, 2.24) is 15.2 Å². The fraction of sp³-hybridized carbons (Fsp3) is 0.357. The Bertz CT molecular complexity index is 620. The highest BCUT2D eigenvalue weighted by atomic mass is 32.2. The van der Waals surface area contributed by atoms with E-state index in [2.05, 4.69) is 32.2 Å². The zero-order chi connectivity index (χ0) is 14.7. The first-order valence-electron chi connectivity index (χ1n) is 6.85. The quantitative estimate of drug-likeness (QED) is 0.825. The van der Waals surface area contributed by atoms with Crippen LogP contribution in [0.15, 0.2) is 29.4 Å². The van der Waals surface area contributed by atoms with Gasteiger partial charge in [-0.1, -0.05) is 11.8 Å². The molecular formula is C14H16N4O2S. The van der Waals surface area contributed by atoms with Crippen LogP contribution < -0.4 is 4.90 Å². The zero-order valence-corrected chi connectivity index (χ0v) is 12.3. The van der Waals surface area contributed by atoms with E-state index in [1.807, 2.05) is 12.1 Å². The molecule has 0 radical (unpaired) electrons. The van der Waals surface area contributed by atoms with Gasteiger partial charge in [-0.3, -0.25) is 9.89 Å². The van der Waals surface area contributed by atoms with E-state index < -0.39 is 5.97 Å². The highest BCUT2D eigenvalue weighted by Gasteiger charge is 2.13. The molecule has 7 heteroatoms. The molecule has 110 valence electrons. The van der Waals surface area contributed by atoms with Crippen LogP contribution in [-0.4, -0.2) is 45.1 Å². The summed E-state index contributed by atoms with van der Waals surface area (Å²) in [6, 6.07) is 8.21. The minimum Gasteiger partial charge on any atom is -0.481 e. The third-order valence-corrected chi connectivity index (χ3v) is 4.23. The second-order valence-electron chi connectivity index (χ2n) is 4.89. The summed E-state index contributed by atoms with van der Waals surface area (Å²) in [4.78, 5) is 17.2. The van der Waals surface area contributed by atoms with Crippen LogP contribution in [0.1, 0.15) is 12.8 Å². The predicted octanol–water partition coefficient (Wildman–Crippen LogP) is 2.25. The normalized spacial score (nSPS) is 14.6. The molecule has 1 fully saturated rings. The number of aromatic amines is 1. The number of benzene rings is 1. The summed E-state index contributed by atoms with van der Waals surface area (Å²) >= 11 is 1.11. The lowest BCUT2D eigenvalue weighted by Crippen LogP contribution is -2.17. The van der Waals surface area contributed by atoms with Crippen molar-refractivity contribution in [3.05, 3.63) is 24.3 Å². The van der Waals surface area contributed by atoms with Crippen molar-refractivity contribution >= 4 is 23.4 Å². The lowest BCUT2D eigenvalue weighted by atomic mass is 10.2. The van der Waals surface area contributed by atoms with Gasteiger partial charge >= 0.3 is 5.97 Å². The van der Waals surface area contributed by atoms with Crippen LogP contribution in [-0.2, 0) is 4.79 Å². The SMILES string of the molecule is O=C(O)CSc1n[nH]c(-c2ccc(N3CCCC3)cc2)n1. The van der Waals surface area contributed by atoms with Gasteiger partial charge in [0.15, 0.2) is 5.82 Å². The highest BCUT2D eigenvalue weighted by Crippen LogP contribution is 2.24. The highest BCUT2D eigenvalue weighted by molar-refractivity contribution is 7.99. The molecule has 2 N–H and O–H groups in total. The smallest absolute Gasteiger partial charge is 0.313 e. The van der Waals surface area contributed by atoms with E-state index in [0.717, 1.165) is 30.4 Å². The molecular weight excluding hydrogens is 288 g/mol. The van der Waals surface area contributed by atoms with Crippen LogP contribution >= 0.6 is 11.8 Å². The predicted molar refractivity (Wildman–Crippen MR) is 81.6 cm³/mol. The van der Waals surface area contributed by atoms with Crippen LogP contribution in [0.3, 0.4) is 0 Å². The summed E-state index contributed by atoms with van der Waals surface area (Å²) < 4.78 is 0. The summed E-state index contributed by atoms with van der Waals surface area (Å²) in [5, 5.41) is 16.0. The number of nitrogens with zero attached hydrogens (tertiary/aromatic N) is 3. The van der Waals surface area contributed by atoms with Crippen molar-refractivity contribution in [2.75, 3.05) is 23.7 Å². The summed E-state index contributed by atoms with van der Waals surface area (Å²) in [5.74, 6) is -0.247. The first-order chi connectivity index (χ1) is 10.2. The Morgan fingerprint density at radius 1 is 1.29 bits per heavy atom. The number of hydrogen-bond acceptors (Lipinski definition) is 5. The number of carbonyl (C=O) groups is 1. The first kappa shape index (κ1) is 13.9. The van der Waals surface area contributed by atoms with Crippen LogP contribution in [0.4, 0.5) is 5.69 Å². The van der Waals surface area contributed by atoms with Crippen LogP contribution in [0, 0.1) is 0 Å². The van der Waals surface area contributed by atoms with Gasteiger partial charge in [0.2, 0.25) is 5.16 Å². The molecule has 1 aromatic heterocycles. The topological polar surface area (TPSA) is 82.1 Å². The molecule has 21 heavy (non-hydrogen) atoms. The molecule has 0 aliphatic carbocycles. The number of anilines is 1. The largest absolute Gasteiger partial charge is 0.481 e. The molecule has 0 bridgehead atoms. The monoisotopic (exact) mass is 304 g/mol. The molecule has 2 aromatic rings. The Labute approximate surface area is 126 Å². The Hall–Kier alpha value is -2.02. The maximum atomic E-state index is 10.5. The minimum atomic E-state index is -0.874. The van der Waals surface area contributed by atoms with E-state index in [4.69, 9.17) is 5.11 Å². The maximum Gasteiger partial charge on any atom is 0.313 e. The number of H-pyrrole nitrogens is 1. The van der Waals surface area contributed by atoms with Gasteiger partial charge < -0.3 is 10.0 Å². The van der Waals surface area contributed by atoms with Gasteiger partial charge in [0.1, 0.15) is 0 Å². The number of aromatic nitrogens is 3. The Kier molecular flexibility index (Phi) is 4.10. The molecule has 1 aliphatic heterocycles. The molecule has 0 saturated carbocycles. The molecule has 6 nitrogen and oxygen atoms in total. The Balaban J connectivity index is 1.70. The number of carboxylic acids is 1. The summed E-state index contributed by atoms with van der Waals surface area (Å²) in [5.41, 5.74) is 2.18. The van der Waals surface area contributed by atoms with Crippen LogP contribution in [0.2, 0.25) is 0 Å². The van der Waals surface area contributed by atoms with Crippen LogP contribution in [0.5, 0.6) is 0 Å². The molecule has 0 spiro atoms. The number of aliphatic carboxylic acids is 1. The molecule has 3 rings (SSSR count). The van der Waals surface area contributed by atoms with Gasteiger partial charge in [-0.15, -0.1) is 5.10 Å². The van der Waals surface area contributed by atoms with Crippen molar-refractivity contribution in [2.24, 2.45) is 0 Å². The lowest BCUT2D eigenvalue weighted by Gasteiger charge is -2.17. The fourth-order valence-electron chi connectivity index (χ4n) is 2.37. The van der Waals surface area contributed by atoms with Crippen molar-refractivity contribution in [3.8, 4) is 11.4 Å². The number of carboxylic acid groups (broad SMARTS) is 1. The van der Waals surface area contributed by atoms with Crippen molar-refractivity contribution in [3.63, 3.8) is 0 Å². The van der Waals surface area contributed by atoms with Gasteiger partial charge in [0.05, 0.1) is 5.75 Å². The summed E-state index contributed by atoms with van der Waals surface area (Å²) in [6.07, 6.45) is 2.52. The molecule has 1 aromatic carbocycles. The standard InChI is InChI=1S/C14H16N4O2S/c19-12(20)9-21-14-15-13(16-17-14)10-3-5-11(6-4-10)18-7-1-2-8-18/h3-6H,1-2,7-9H2,(H,19,20)(H,15,16,17). The van der Waals surface area contributed by atoms with Gasteiger partial charge in [0.25, 0.3) is 0 Å². The van der Waals surface area contributed by atoms with E-state index in [1.165, 1.54) is 18.5 Å². The second-order valence-corrected chi connectivity index (χ2v) is 5.83. The third kappa shape index (κ3) is 3.36. The van der Waals surface area contributed by atoms with Crippen LogP contribution in [0.25, 0.3) is 11.4 Å². The number of rotatable bonds is 5. The molecule has 0 atom stereocenters. The summed E-state index contributed by atoms with van der Waals surface area (Å²) in [7, 11) is 0. The molecule has 0 amide bonds. The summed E-state index contributed by atoms with van der Waals surface area (Å²) in [6.45, 7) is 2.25. The number of thioether (sulfide) groups is 1. The van der Waals surface area contributed by atoms with Crippen molar-refractivity contribution in [2.45, 2.75) is 18.0 Å². The van der Waals surface area contributed by atoms with Gasteiger partial charge in [0, 0.05) is 24.3 Å². The van der Waals surface area contributed by atoms with Gasteiger partial charge in [-0.05, 0) is 37.1 Å². The molecule has 1 saturated heterocycles. The first-order valence-corrected chi connectivity index (χ1v) is 7.83. The van der Waals surface area contributed by atoms with E-state index in [-0.39, 0.29) is 5.75 Å². The van der Waals surface area contributed by atoms with Gasteiger partial charge in [-0.2, -0.15) is 0 Å².